The number of rotatable bonds is 3. The third-order valence-corrected chi connectivity index (χ3v) is 3.76. The van der Waals surface area contributed by atoms with E-state index in [4.69, 9.17) is 0 Å². The largest absolute Gasteiger partial charge is 0.331 e. The maximum Gasteiger partial charge on any atom is 0.327 e. The number of likely N-dealkylation sites (N-methyl/N-ethyl adjacent to an activating group) is 1. The first-order chi connectivity index (χ1) is 10.1. The molecule has 4 amide bonds. The normalized spacial score (nSPS) is 22.5. The molecule has 21 heavy (non-hydrogen) atoms. The van der Waals surface area contributed by atoms with Crippen molar-refractivity contribution in [2.45, 2.75) is 18.9 Å². The molecule has 2 aliphatic rings. The highest BCUT2D eigenvalue weighted by atomic mass is 16.2. The number of carbonyl (C=O) groups is 3. The van der Waals surface area contributed by atoms with Crippen molar-refractivity contribution in [2.75, 3.05) is 26.7 Å². The summed E-state index contributed by atoms with van der Waals surface area (Å²) in [5.74, 6) is -0.178. The van der Waals surface area contributed by atoms with Crippen LogP contribution in [-0.4, -0.2) is 79.9 Å². The van der Waals surface area contributed by atoms with Gasteiger partial charge in [0.1, 0.15) is 13.1 Å². The lowest BCUT2D eigenvalue weighted by atomic mass is 10.2. The van der Waals surface area contributed by atoms with E-state index in [1.807, 2.05) is 0 Å². The van der Waals surface area contributed by atoms with Crippen LogP contribution in [0.1, 0.15) is 24.7 Å². The molecular weight excluding hydrogens is 278 g/mol. The average molecular weight is 293 g/mol. The SMILES string of the molecule is CN1CC(=O)N(CC(=O)N2CCCC2c2nn[nH]n2)C1=O. The summed E-state index contributed by atoms with van der Waals surface area (Å²) in [6.45, 7) is 0.334. The number of imide groups is 1. The minimum absolute atomic E-state index is 0.0143. The molecule has 1 unspecified atom stereocenters. The van der Waals surface area contributed by atoms with Gasteiger partial charge < -0.3 is 9.80 Å². The number of tetrazole rings is 1. The van der Waals surface area contributed by atoms with Gasteiger partial charge in [-0.05, 0) is 12.8 Å². The van der Waals surface area contributed by atoms with Gasteiger partial charge in [-0.25, -0.2) is 4.79 Å². The number of hydrogen-bond acceptors (Lipinski definition) is 6. The molecular formula is C11H15N7O3. The van der Waals surface area contributed by atoms with Gasteiger partial charge in [-0.15, -0.1) is 10.2 Å². The Hall–Kier alpha value is -2.52. The van der Waals surface area contributed by atoms with Gasteiger partial charge in [0.05, 0.1) is 6.04 Å². The first-order valence-electron chi connectivity index (χ1n) is 6.66. The fraction of sp³-hybridized carbons (Fsp3) is 0.636. The van der Waals surface area contributed by atoms with Crippen molar-refractivity contribution in [3.8, 4) is 0 Å². The average Bonchev–Trinajstić information content (AvgIpc) is 3.15. The minimum atomic E-state index is -0.441. The molecule has 3 heterocycles. The van der Waals surface area contributed by atoms with Crippen LogP contribution in [0.5, 0.6) is 0 Å². The van der Waals surface area contributed by atoms with Gasteiger partial charge in [-0.2, -0.15) is 5.21 Å². The zero-order valence-corrected chi connectivity index (χ0v) is 11.5. The van der Waals surface area contributed by atoms with Crippen molar-refractivity contribution < 1.29 is 14.4 Å². The predicted octanol–water partition coefficient (Wildman–Crippen LogP) is -1.24. The number of aromatic nitrogens is 4. The zero-order chi connectivity index (χ0) is 15.0. The molecule has 0 bridgehead atoms. The van der Waals surface area contributed by atoms with E-state index in [2.05, 4.69) is 20.6 Å². The van der Waals surface area contributed by atoms with Crippen LogP contribution in [0.15, 0.2) is 0 Å². The number of amides is 4. The summed E-state index contributed by atoms with van der Waals surface area (Å²) < 4.78 is 0. The van der Waals surface area contributed by atoms with Gasteiger partial charge in [0, 0.05) is 13.6 Å². The number of nitrogens with zero attached hydrogens (tertiary/aromatic N) is 6. The van der Waals surface area contributed by atoms with Crippen LogP contribution in [0.2, 0.25) is 0 Å². The second-order valence-electron chi connectivity index (χ2n) is 5.13. The monoisotopic (exact) mass is 293 g/mol. The predicted molar refractivity (Wildman–Crippen MR) is 67.6 cm³/mol. The van der Waals surface area contributed by atoms with E-state index in [1.54, 1.807) is 4.90 Å². The summed E-state index contributed by atoms with van der Waals surface area (Å²) in [5.41, 5.74) is 0. The molecule has 0 saturated carbocycles. The number of H-pyrrole nitrogens is 1. The number of nitrogens with one attached hydrogen (secondary N) is 1. The molecule has 0 aliphatic carbocycles. The molecule has 2 saturated heterocycles. The Kier molecular flexibility index (Phi) is 3.28. The van der Waals surface area contributed by atoms with Crippen LogP contribution in [0.4, 0.5) is 4.79 Å². The zero-order valence-electron chi connectivity index (χ0n) is 11.5. The van der Waals surface area contributed by atoms with Crippen LogP contribution in [0.3, 0.4) is 0 Å². The Labute approximate surface area is 120 Å². The minimum Gasteiger partial charge on any atom is -0.331 e. The van der Waals surface area contributed by atoms with Gasteiger partial charge >= 0.3 is 6.03 Å². The fourth-order valence-electron chi connectivity index (χ4n) is 2.69. The molecule has 0 radical (unpaired) electrons. The smallest absolute Gasteiger partial charge is 0.327 e. The molecule has 0 aromatic carbocycles. The summed E-state index contributed by atoms with van der Waals surface area (Å²) in [5, 5.41) is 13.7. The van der Waals surface area contributed by atoms with Gasteiger partial charge in [-0.1, -0.05) is 5.21 Å². The third-order valence-electron chi connectivity index (χ3n) is 3.76. The summed E-state index contributed by atoms with van der Waals surface area (Å²) in [7, 11) is 1.53. The van der Waals surface area contributed by atoms with Crippen LogP contribution >= 0.6 is 0 Å². The van der Waals surface area contributed by atoms with E-state index in [0.29, 0.717) is 12.4 Å². The van der Waals surface area contributed by atoms with Crippen molar-refractivity contribution >= 4 is 17.8 Å². The summed E-state index contributed by atoms with van der Waals surface area (Å²) in [6.07, 6.45) is 1.57. The van der Waals surface area contributed by atoms with Gasteiger partial charge in [0.2, 0.25) is 5.91 Å². The lowest BCUT2D eigenvalue weighted by Crippen LogP contribution is -2.43. The number of likely N-dealkylation sites (tertiary alicyclic amines) is 1. The molecule has 2 fully saturated rings. The second kappa shape index (κ2) is 5.11. The van der Waals surface area contributed by atoms with Gasteiger partial charge in [0.25, 0.3) is 5.91 Å². The van der Waals surface area contributed by atoms with Gasteiger partial charge in [0.15, 0.2) is 5.82 Å². The number of aromatic amines is 1. The third kappa shape index (κ3) is 2.32. The number of hydrogen-bond donors (Lipinski definition) is 1. The quantitative estimate of drug-likeness (QED) is 0.697. The van der Waals surface area contributed by atoms with E-state index in [9.17, 15) is 14.4 Å². The second-order valence-corrected chi connectivity index (χ2v) is 5.13. The highest BCUT2D eigenvalue weighted by Crippen LogP contribution is 2.29. The summed E-state index contributed by atoms with van der Waals surface area (Å²) >= 11 is 0. The van der Waals surface area contributed by atoms with E-state index in [1.165, 1.54) is 11.9 Å². The maximum absolute atomic E-state index is 12.4. The Morgan fingerprint density at radius 3 is 2.86 bits per heavy atom. The summed E-state index contributed by atoms with van der Waals surface area (Å²) in [6, 6.07) is -0.689. The molecule has 1 aromatic heterocycles. The van der Waals surface area contributed by atoms with E-state index in [0.717, 1.165) is 17.7 Å². The molecule has 112 valence electrons. The summed E-state index contributed by atoms with van der Waals surface area (Å²) in [4.78, 5) is 39.8. The first kappa shape index (κ1) is 13.5. The molecule has 1 aromatic rings. The van der Waals surface area contributed by atoms with Crippen LogP contribution < -0.4 is 0 Å². The Morgan fingerprint density at radius 2 is 2.24 bits per heavy atom. The molecule has 2 aliphatic heterocycles. The highest BCUT2D eigenvalue weighted by Gasteiger charge is 2.38. The molecule has 0 spiro atoms. The van der Waals surface area contributed by atoms with Crippen molar-refractivity contribution in [2.24, 2.45) is 0 Å². The van der Waals surface area contributed by atoms with E-state index >= 15 is 0 Å². The molecule has 10 nitrogen and oxygen atoms in total. The molecule has 1 atom stereocenters. The highest BCUT2D eigenvalue weighted by molar-refractivity contribution is 6.04. The van der Waals surface area contributed by atoms with Crippen molar-refractivity contribution in [3.63, 3.8) is 0 Å². The Balaban J connectivity index is 1.70. The van der Waals surface area contributed by atoms with Crippen LogP contribution in [0.25, 0.3) is 0 Å². The van der Waals surface area contributed by atoms with Crippen molar-refractivity contribution in [1.29, 1.82) is 0 Å². The van der Waals surface area contributed by atoms with E-state index in [-0.39, 0.29) is 30.9 Å². The topological polar surface area (TPSA) is 115 Å². The number of urea groups is 1. The first-order valence-corrected chi connectivity index (χ1v) is 6.66. The lowest BCUT2D eigenvalue weighted by Gasteiger charge is -2.24. The van der Waals surface area contributed by atoms with E-state index < -0.39 is 6.03 Å². The van der Waals surface area contributed by atoms with Gasteiger partial charge in [-0.3, -0.25) is 14.5 Å². The Bertz CT molecular complexity index is 572. The molecule has 1 N–H and O–H groups in total. The Morgan fingerprint density at radius 1 is 1.43 bits per heavy atom. The lowest BCUT2D eigenvalue weighted by molar-refractivity contribution is -0.137. The van der Waals surface area contributed by atoms with Crippen LogP contribution in [-0.2, 0) is 9.59 Å². The molecule has 10 heteroatoms. The molecule has 3 rings (SSSR count). The van der Waals surface area contributed by atoms with Crippen LogP contribution in [0, 0.1) is 0 Å². The fourth-order valence-corrected chi connectivity index (χ4v) is 2.69. The standard InChI is InChI=1S/C11H15N7O3/c1-16-5-8(19)18(11(16)21)6-9(20)17-4-2-3-7(17)10-12-14-15-13-10/h7H,2-6H2,1H3,(H,12,13,14,15). The maximum atomic E-state index is 12.4. The van der Waals surface area contributed by atoms with Crippen molar-refractivity contribution in [1.82, 2.24) is 35.3 Å². The van der Waals surface area contributed by atoms with Crippen molar-refractivity contribution in [3.05, 3.63) is 5.82 Å². The number of carbonyl (C=O) groups excluding carboxylic acids is 3.